The van der Waals surface area contributed by atoms with Gasteiger partial charge in [0.05, 0.1) is 6.20 Å². The number of amides is 1. The van der Waals surface area contributed by atoms with Crippen molar-refractivity contribution in [1.82, 2.24) is 20.0 Å². The van der Waals surface area contributed by atoms with Crippen molar-refractivity contribution in [2.24, 2.45) is 7.05 Å². The van der Waals surface area contributed by atoms with E-state index in [4.69, 9.17) is 5.11 Å². The maximum atomic E-state index is 11.5. The van der Waals surface area contributed by atoms with E-state index in [1.807, 2.05) is 0 Å². The van der Waals surface area contributed by atoms with Gasteiger partial charge in [-0.05, 0) is 6.08 Å². The van der Waals surface area contributed by atoms with Gasteiger partial charge >= 0.3 is 5.97 Å². The molecule has 0 saturated carbocycles. The molecular weight excluding hydrogens is 250 g/mol. The Morgan fingerprint density at radius 3 is 2.89 bits per heavy atom. The molecule has 0 aromatic carbocycles. The van der Waals surface area contributed by atoms with Gasteiger partial charge in [-0.1, -0.05) is 0 Å². The first-order valence-corrected chi connectivity index (χ1v) is 5.31. The third-order valence-electron chi connectivity index (χ3n) is 2.21. The lowest BCUT2D eigenvalue weighted by Crippen LogP contribution is -2.07. The molecule has 0 spiro atoms. The van der Waals surface area contributed by atoms with E-state index < -0.39 is 11.9 Å². The number of hydrogen-bond donors (Lipinski definition) is 3. The fraction of sp³-hybridized carbons (Fsp3) is 0.0909. The fourth-order valence-corrected chi connectivity index (χ4v) is 1.36. The van der Waals surface area contributed by atoms with Gasteiger partial charge in [0.25, 0.3) is 0 Å². The first-order valence-electron chi connectivity index (χ1n) is 5.31. The Morgan fingerprint density at radius 1 is 1.53 bits per heavy atom. The average molecular weight is 261 g/mol. The van der Waals surface area contributed by atoms with Crippen LogP contribution in [0.25, 0.3) is 6.08 Å². The molecular formula is C11H11N5O3. The summed E-state index contributed by atoms with van der Waals surface area (Å²) in [5.41, 5.74) is 0.692. The van der Waals surface area contributed by atoms with Crippen molar-refractivity contribution in [3.63, 3.8) is 0 Å². The molecule has 0 aliphatic rings. The monoisotopic (exact) mass is 261 g/mol. The Bertz CT molecular complexity index is 640. The van der Waals surface area contributed by atoms with E-state index >= 15 is 0 Å². The van der Waals surface area contributed by atoms with Gasteiger partial charge in [0, 0.05) is 31.0 Å². The van der Waals surface area contributed by atoms with Crippen LogP contribution in [0.15, 0.2) is 24.5 Å². The van der Waals surface area contributed by atoms with Crippen LogP contribution in [0.1, 0.15) is 16.1 Å². The quantitative estimate of drug-likeness (QED) is 0.693. The standard InChI is InChI=1S/C11H11N5O3/c1-16-6-7(5-12-16)2-3-10(17)13-9-4-8(11(18)19)14-15-9/h2-6H,1H3,(H,18,19)(H2,13,14,15,17). The maximum Gasteiger partial charge on any atom is 0.353 e. The zero-order valence-corrected chi connectivity index (χ0v) is 9.99. The second-order valence-corrected chi connectivity index (χ2v) is 3.74. The Labute approximate surface area is 107 Å². The Hall–Kier alpha value is -2.90. The molecule has 2 aromatic rings. The number of aromatic amines is 1. The predicted molar refractivity (Wildman–Crippen MR) is 66.4 cm³/mol. The number of aromatic nitrogens is 4. The number of anilines is 1. The van der Waals surface area contributed by atoms with Crippen molar-refractivity contribution in [3.8, 4) is 0 Å². The Balaban J connectivity index is 1.97. The summed E-state index contributed by atoms with van der Waals surface area (Å²) in [5, 5.41) is 21.0. The summed E-state index contributed by atoms with van der Waals surface area (Å²) < 4.78 is 1.62. The van der Waals surface area contributed by atoms with Crippen molar-refractivity contribution in [2.45, 2.75) is 0 Å². The number of carboxylic acid groups (broad SMARTS) is 1. The highest BCUT2D eigenvalue weighted by atomic mass is 16.4. The zero-order valence-electron chi connectivity index (χ0n) is 9.99. The lowest BCUT2D eigenvalue weighted by Gasteiger charge is -1.94. The molecule has 0 aliphatic heterocycles. The second-order valence-electron chi connectivity index (χ2n) is 3.74. The zero-order chi connectivity index (χ0) is 13.8. The van der Waals surface area contributed by atoms with Crippen molar-refractivity contribution >= 4 is 23.8 Å². The number of H-pyrrole nitrogens is 1. The van der Waals surface area contributed by atoms with Crippen molar-refractivity contribution in [2.75, 3.05) is 5.32 Å². The van der Waals surface area contributed by atoms with Crippen LogP contribution in [0, 0.1) is 0 Å². The molecule has 1 amide bonds. The molecule has 8 heteroatoms. The van der Waals surface area contributed by atoms with E-state index in [1.54, 1.807) is 30.2 Å². The molecule has 0 atom stereocenters. The number of rotatable bonds is 4. The molecule has 8 nitrogen and oxygen atoms in total. The van der Waals surface area contributed by atoms with Crippen molar-refractivity contribution < 1.29 is 14.7 Å². The summed E-state index contributed by atoms with van der Waals surface area (Å²) in [6.07, 6.45) is 6.26. The highest BCUT2D eigenvalue weighted by molar-refractivity contribution is 6.01. The first-order chi connectivity index (χ1) is 9.04. The molecule has 98 valence electrons. The van der Waals surface area contributed by atoms with Crippen LogP contribution >= 0.6 is 0 Å². The van der Waals surface area contributed by atoms with E-state index in [0.29, 0.717) is 0 Å². The van der Waals surface area contributed by atoms with E-state index in [0.717, 1.165) is 5.56 Å². The topological polar surface area (TPSA) is 113 Å². The van der Waals surface area contributed by atoms with Gasteiger partial charge in [0.2, 0.25) is 5.91 Å². The molecule has 3 N–H and O–H groups in total. The lowest BCUT2D eigenvalue weighted by atomic mass is 10.3. The molecule has 0 unspecified atom stereocenters. The lowest BCUT2D eigenvalue weighted by molar-refractivity contribution is -0.111. The van der Waals surface area contributed by atoms with Crippen LogP contribution in [0.3, 0.4) is 0 Å². The van der Waals surface area contributed by atoms with Gasteiger partial charge in [-0.15, -0.1) is 0 Å². The van der Waals surface area contributed by atoms with Gasteiger partial charge in [0.15, 0.2) is 5.82 Å². The van der Waals surface area contributed by atoms with Crippen LogP contribution < -0.4 is 5.32 Å². The molecule has 2 rings (SSSR count). The van der Waals surface area contributed by atoms with E-state index in [2.05, 4.69) is 20.6 Å². The Morgan fingerprint density at radius 2 is 2.32 bits per heavy atom. The molecule has 19 heavy (non-hydrogen) atoms. The molecule has 2 heterocycles. The molecule has 0 aliphatic carbocycles. The van der Waals surface area contributed by atoms with Crippen LogP contribution in [0.2, 0.25) is 0 Å². The number of aryl methyl sites for hydroxylation is 1. The average Bonchev–Trinajstić information content (AvgIpc) is 2.96. The van der Waals surface area contributed by atoms with Gasteiger partial charge in [-0.3, -0.25) is 14.6 Å². The third kappa shape index (κ3) is 3.28. The summed E-state index contributed by atoms with van der Waals surface area (Å²) >= 11 is 0. The number of carbonyl (C=O) groups is 2. The SMILES string of the molecule is Cn1cc(C=CC(=O)Nc2cc(C(=O)O)[nH]n2)cn1. The van der Waals surface area contributed by atoms with Crippen molar-refractivity contribution in [3.05, 3.63) is 35.8 Å². The largest absolute Gasteiger partial charge is 0.477 e. The smallest absolute Gasteiger partial charge is 0.353 e. The van der Waals surface area contributed by atoms with Crippen LogP contribution in [-0.4, -0.2) is 37.0 Å². The predicted octanol–water partition coefficient (Wildman–Crippen LogP) is 0.493. The van der Waals surface area contributed by atoms with E-state index in [-0.39, 0.29) is 11.5 Å². The highest BCUT2D eigenvalue weighted by Gasteiger charge is 2.08. The molecule has 0 radical (unpaired) electrons. The molecule has 0 saturated heterocycles. The minimum Gasteiger partial charge on any atom is -0.477 e. The number of aromatic carboxylic acids is 1. The van der Waals surface area contributed by atoms with Crippen LogP contribution in [0.4, 0.5) is 5.82 Å². The number of hydrogen-bond acceptors (Lipinski definition) is 4. The number of carboxylic acids is 1. The second kappa shape index (κ2) is 5.17. The summed E-state index contributed by atoms with van der Waals surface area (Å²) in [6.45, 7) is 0. The molecule has 2 aromatic heterocycles. The van der Waals surface area contributed by atoms with E-state index in [9.17, 15) is 9.59 Å². The summed E-state index contributed by atoms with van der Waals surface area (Å²) in [7, 11) is 1.77. The third-order valence-corrected chi connectivity index (χ3v) is 2.21. The Kier molecular flexibility index (Phi) is 3.42. The number of nitrogens with zero attached hydrogens (tertiary/aromatic N) is 3. The summed E-state index contributed by atoms with van der Waals surface area (Å²) in [5.74, 6) is -1.40. The van der Waals surface area contributed by atoms with Gasteiger partial charge in [-0.25, -0.2) is 4.79 Å². The fourth-order valence-electron chi connectivity index (χ4n) is 1.36. The minimum atomic E-state index is -1.14. The maximum absolute atomic E-state index is 11.5. The number of carbonyl (C=O) groups excluding carboxylic acids is 1. The minimum absolute atomic E-state index is 0.0912. The van der Waals surface area contributed by atoms with Crippen molar-refractivity contribution in [1.29, 1.82) is 0 Å². The summed E-state index contributed by atoms with van der Waals surface area (Å²) in [6, 6.07) is 1.23. The van der Waals surface area contributed by atoms with E-state index in [1.165, 1.54) is 12.1 Å². The normalized spacial score (nSPS) is 10.8. The summed E-state index contributed by atoms with van der Waals surface area (Å²) in [4.78, 5) is 22.2. The molecule has 0 bridgehead atoms. The van der Waals surface area contributed by atoms with Crippen LogP contribution in [0.5, 0.6) is 0 Å². The highest BCUT2D eigenvalue weighted by Crippen LogP contribution is 2.06. The number of nitrogens with one attached hydrogen (secondary N) is 2. The van der Waals surface area contributed by atoms with Gasteiger partial charge in [-0.2, -0.15) is 10.2 Å². The first kappa shape index (κ1) is 12.6. The molecule has 0 fully saturated rings. The van der Waals surface area contributed by atoms with Crippen LogP contribution in [-0.2, 0) is 11.8 Å². The van der Waals surface area contributed by atoms with Gasteiger partial charge in [0.1, 0.15) is 5.69 Å². The van der Waals surface area contributed by atoms with Gasteiger partial charge < -0.3 is 10.4 Å².